The first-order valence-corrected chi connectivity index (χ1v) is 9.60. The van der Waals surface area contributed by atoms with Crippen molar-refractivity contribution in [1.82, 2.24) is 9.80 Å². The van der Waals surface area contributed by atoms with Gasteiger partial charge >= 0.3 is 0 Å². The third kappa shape index (κ3) is 4.96. The van der Waals surface area contributed by atoms with Crippen molar-refractivity contribution < 1.29 is 19.4 Å². The second-order valence-electron chi connectivity index (χ2n) is 7.29. The number of rotatable bonds is 6. The lowest BCUT2D eigenvalue weighted by Gasteiger charge is -2.34. The smallest absolute Gasteiger partial charge is 0.227 e. The van der Waals surface area contributed by atoms with Crippen LogP contribution in [0.15, 0.2) is 24.3 Å². The predicted molar refractivity (Wildman–Crippen MR) is 99.3 cm³/mol. The zero-order valence-corrected chi connectivity index (χ0v) is 15.7. The minimum absolute atomic E-state index is 0.00231. The van der Waals surface area contributed by atoms with E-state index in [1.807, 2.05) is 31.2 Å². The number of β-amino-alcohol motifs (C(OH)–C–C–N with tert-alkyl or cyclic N) is 1. The Kier molecular flexibility index (Phi) is 6.51. The highest BCUT2D eigenvalue weighted by molar-refractivity contribution is 5.79. The molecule has 0 unspecified atom stereocenters. The first-order valence-electron chi connectivity index (χ1n) is 9.60. The molecule has 0 spiro atoms. The van der Waals surface area contributed by atoms with Gasteiger partial charge in [0.25, 0.3) is 0 Å². The largest absolute Gasteiger partial charge is 0.494 e. The number of amides is 1. The average molecular weight is 362 g/mol. The molecule has 2 heterocycles. The van der Waals surface area contributed by atoms with Crippen LogP contribution in [-0.2, 0) is 16.0 Å². The van der Waals surface area contributed by atoms with Crippen LogP contribution in [0, 0.1) is 0 Å². The van der Waals surface area contributed by atoms with Gasteiger partial charge in [0.1, 0.15) is 11.4 Å². The predicted octanol–water partition coefficient (Wildman–Crippen LogP) is 1.31. The average Bonchev–Trinajstić information content (AvgIpc) is 3.04. The minimum Gasteiger partial charge on any atom is -0.494 e. The van der Waals surface area contributed by atoms with Crippen molar-refractivity contribution in [2.45, 2.75) is 31.8 Å². The van der Waals surface area contributed by atoms with Crippen molar-refractivity contribution in [2.75, 3.05) is 52.5 Å². The summed E-state index contributed by atoms with van der Waals surface area (Å²) in [5, 5.41) is 11.1. The van der Waals surface area contributed by atoms with E-state index in [0.29, 0.717) is 32.8 Å². The molecule has 0 radical (unpaired) electrons. The molecule has 3 rings (SSSR count). The van der Waals surface area contributed by atoms with Crippen molar-refractivity contribution in [2.24, 2.45) is 0 Å². The second kappa shape index (κ2) is 8.84. The summed E-state index contributed by atoms with van der Waals surface area (Å²) in [7, 11) is 0. The molecular weight excluding hydrogens is 332 g/mol. The lowest BCUT2D eigenvalue weighted by atomic mass is 10.0. The number of hydrogen-bond acceptors (Lipinski definition) is 5. The summed E-state index contributed by atoms with van der Waals surface area (Å²) in [5.74, 6) is 0.754. The monoisotopic (exact) mass is 362 g/mol. The molecule has 2 aliphatic heterocycles. The summed E-state index contributed by atoms with van der Waals surface area (Å²) in [5.41, 5.74) is -0.122. The summed E-state index contributed by atoms with van der Waals surface area (Å²) in [6, 6.07) is 7.64. The quantitative estimate of drug-likeness (QED) is 0.827. The normalized spacial score (nSPS) is 24.5. The highest BCUT2D eigenvalue weighted by Crippen LogP contribution is 2.22. The third-order valence-electron chi connectivity index (χ3n) is 5.04. The molecule has 2 fully saturated rings. The SMILES string of the molecule is CCOc1ccccc1CC(=O)N1CCOC[C@](O)(CN2CCCC2)C1. The number of carbonyl (C=O) groups excluding carboxylic acids is 1. The fourth-order valence-electron chi connectivity index (χ4n) is 3.80. The molecule has 1 atom stereocenters. The maximum atomic E-state index is 12.9. The van der Waals surface area contributed by atoms with E-state index in [0.717, 1.165) is 24.4 Å². The minimum atomic E-state index is -1.00. The van der Waals surface area contributed by atoms with Gasteiger partial charge in [-0.05, 0) is 38.9 Å². The molecule has 26 heavy (non-hydrogen) atoms. The number of likely N-dealkylation sites (tertiary alicyclic amines) is 1. The molecule has 0 aliphatic carbocycles. The van der Waals surface area contributed by atoms with Gasteiger partial charge < -0.3 is 24.4 Å². The summed E-state index contributed by atoms with van der Waals surface area (Å²) in [6.45, 7) is 6.66. The van der Waals surface area contributed by atoms with Crippen molar-refractivity contribution in [3.63, 3.8) is 0 Å². The first kappa shape index (κ1) is 19.1. The fraction of sp³-hybridized carbons (Fsp3) is 0.650. The van der Waals surface area contributed by atoms with E-state index in [1.54, 1.807) is 4.90 Å². The number of nitrogens with zero attached hydrogens (tertiary/aromatic N) is 2. The van der Waals surface area contributed by atoms with E-state index < -0.39 is 5.60 Å². The molecule has 144 valence electrons. The number of para-hydroxylation sites is 1. The van der Waals surface area contributed by atoms with E-state index in [4.69, 9.17) is 9.47 Å². The van der Waals surface area contributed by atoms with Gasteiger partial charge in [-0.15, -0.1) is 0 Å². The lowest BCUT2D eigenvalue weighted by Crippen LogP contribution is -2.53. The van der Waals surface area contributed by atoms with Crippen LogP contribution in [-0.4, -0.2) is 79.0 Å². The molecule has 1 aromatic carbocycles. The standard InChI is InChI=1S/C20H30N2O4/c1-2-26-18-8-4-3-7-17(18)13-19(23)22-11-12-25-16-20(24,15-22)14-21-9-5-6-10-21/h3-4,7-8,24H,2,5-6,9-16H2,1H3/t20-/m0/s1. The number of benzene rings is 1. The molecule has 2 saturated heterocycles. The van der Waals surface area contributed by atoms with Crippen LogP contribution in [0.3, 0.4) is 0 Å². The molecule has 2 aliphatic rings. The summed E-state index contributed by atoms with van der Waals surface area (Å²) in [4.78, 5) is 16.9. The van der Waals surface area contributed by atoms with Crippen molar-refractivity contribution in [3.05, 3.63) is 29.8 Å². The highest BCUT2D eigenvalue weighted by atomic mass is 16.5. The van der Waals surface area contributed by atoms with Gasteiger partial charge in [-0.3, -0.25) is 4.79 Å². The number of ether oxygens (including phenoxy) is 2. The van der Waals surface area contributed by atoms with Crippen LogP contribution in [0.2, 0.25) is 0 Å². The van der Waals surface area contributed by atoms with Gasteiger partial charge in [0.05, 0.1) is 32.8 Å². The maximum absolute atomic E-state index is 12.9. The van der Waals surface area contributed by atoms with Crippen LogP contribution in [0.5, 0.6) is 5.75 Å². The molecule has 6 heteroatoms. The number of aliphatic hydroxyl groups is 1. The van der Waals surface area contributed by atoms with E-state index in [9.17, 15) is 9.90 Å². The first-order chi connectivity index (χ1) is 12.6. The lowest BCUT2D eigenvalue weighted by molar-refractivity contribution is -0.133. The Labute approximate surface area is 155 Å². The van der Waals surface area contributed by atoms with E-state index in [1.165, 1.54) is 12.8 Å². The van der Waals surface area contributed by atoms with Crippen LogP contribution < -0.4 is 4.74 Å². The Hall–Kier alpha value is -1.63. The van der Waals surface area contributed by atoms with Crippen molar-refractivity contribution in [3.8, 4) is 5.75 Å². The van der Waals surface area contributed by atoms with E-state index in [-0.39, 0.29) is 18.9 Å². The maximum Gasteiger partial charge on any atom is 0.227 e. The van der Waals surface area contributed by atoms with Crippen LogP contribution >= 0.6 is 0 Å². The van der Waals surface area contributed by atoms with Crippen LogP contribution in [0.4, 0.5) is 0 Å². The van der Waals surface area contributed by atoms with Gasteiger partial charge in [0.2, 0.25) is 5.91 Å². The molecule has 6 nitrogen and oxygen atoms in total. The Balaban J connectivity index is 1.66. The van der Waals surface area contributed by atoms with Gasteiger partial charge in [-0.2, -0.15) is 0 Å². The Bertz CT molecular complexity index is 603. The van der Waals surface area contributed by atoms with Crippen LogP contribution in [0.1, 0.15) is 25.3 Å². The van der Waals surface area contributed by atoms with Crippen LogP contribution in [0.25, 0.3) is 0 Å². The topological polar surface area (TPSA) is 62.2 Å². The third-order valence-corrected chi connectivity index (χ3v) is 5.04. The zero-order chi connectivity index (χ0) is 18.4. The molecule has 1 aromatic rings. The van der Waals surface area contributed by atoms with Gasteiger partial charge in [-0.1, -0.05) is 18.2 Å². The fourth-order valence-corrected chi connectivity index (χ4v) is 3.80. The summed E-state index contributed by atoms with van der Waals surface area (Å²) < 4.78 is 11.2. The number of hydrogen-bond donors (Lipinski definition) is 1. The Morgan fingerprint density at radius 3 is 2.81 bits per heavy atom. The van der Waals surface area contributed by atoms with Gasteiger partial charge in [0, 0.05) is 18.7 Å². The van der Waals surface area contributed by atoms with Crippen molar-refractivity contribution in [1.29, 1.82) is 0 Å². The summed E-state index contributed by atoms with van der Waals surface area (Å²) >= 11 is 0. The molecular formula is C20H30N2O4. The molecule has 1 amide bonds. The molecule has 1 N–H and O–H groups in total. The molecule has 0 saturated carbocycles. The Morgan fingerprint density at radius 1 is 1.27 bits per heavy atom. The zero-order valence-electron chi connectivity index (χ0n) is 15.7. The number of carbonyl (C=O) groups is 1. The summed E-state index contributed by atoms with van der Waals surface area (Å²) in [6.07, 6.45) is 2.62. The van der Waals surface area contributed by atoms with Crippen molar-refractivity contribution >= 4 is 5.91 Å². The van der Waals surface area contributed by atoms with E-state index >= 15 is 0 Å². The van der Waals surface area contributed by atoms with Gasteiger partial charge in [-0.25, -0.2) is 0 Å². The highest BCUT2D eigenvalue weighted by Gasteiger charge is 2.36. The Morgan fingerprint density at radius 2 is 2.04 bits per heavy atom. The second-order valence-corrected chi connectivity index (χ2v) is 7.29. The molecule has 0 aromatic heterocycles. The van der Waals surface area contributed by atoms with Gasteiger partial charge in [0.15, 0.2) is 0 Å². The molecule has 0 bridgehead atoms. The van der Waals surface area contributed by atoms with E-state index in [2.05, 4.69) is 4.90 Å².